The van der Waals surface area contributed by atoms with E-state index in [-0.39, 0.29) is 5.92 Å². The lowest BCUT2D eigenvalue weighted by atomic mass is 9.95. The van der Waals surface area contributed by atoms with Gasteiger partial charge in [-0.2, -0.15) is 0 Å². The molecule has 0 radical (unpaired) electrons. The van der Waals surface area contributed by atoms with E-state index in [1.54, 1.807) is 6.08 Å². The van der Waals surface area contributed by atoms with Crippen molar-refractivity contribution in [1.29, 1.82) is 0 Å². The standard InChI is InChI=1S/C15H14O/c1-2-5-15(11-16)14-9-8-12-6-3-4-7-13(12)10-14/h2-4,6-11,15H,1,5H2. The van der Waals surface area contributed by atoms with Crippen molar-refractivity contribution in [3.05, 3.63) is 60.7 Å². The van der Waals surface area contributed by atoms with Crippen molar-refractivity contribution in [2.75, 3.05) is 0 Å². The average Bonchev–Trinajstić information content (AvgIpc) is 2.35. The van der Waals surface area contributed by atoms with Crippen LogP contribution in [0.1, 0.15) is 17.9 Å². The van der Waals surface area contributed by atoms with Crippen LogP contribution in [0.5, 0.6) is 0 Å². The van der Waals surface area contributed by atoms with E-state index in [9.17, 15) is 4.79 Å². The maximum atomic E-state index is 11.0. The van der Waals surface area contributed by atoms with Gasteiger partial charge in [-0.25, -0.2) is 0 Å². The number of rotatable bonds is 4. The smallest absolute Gasteiger partial charge is 0.127 e. The molecule has 0 saturated heterocycles. The second-order valence-corrected chi connectivity index (χ2v) is 3.87. The predicted octanol–water partition coefficient (Wildman–Crippen LogP) is 3.70. The van der Waals surface area contributed by atoms with E-state index in [1.807, 2.05) is 18.2 Å². The van der Waals surface area contributed by atoms with Gasteiger partial charge in [0.1, 0.15) is 6.29 Å². The van der Waals surface area contributed by atoms with E-state index in [4.69, 9.17) is 0 Å². The highest BCUT2D eigenvalue weighted by atomic mass is 16.1. The molecule has 0 fully saturated rings. The van der Waals surface area contributed by atoms with Crippen LogP contribution in [0.2, 0.25) is 0 Å². The fourth-order valence-corrected chi connectivity index (χ4v) is 1.89. The minimum absolute atomic E-state index is 0.0675. The van der Waals surface area contributed by atoms with Crippen molar-refractivity contribution in [3.63, 3.8) is 0 Å². The number of carbonyl (C=O) groups excluding carboxylic acids is 1. The fourth-order valence-electron chi connectivity index (χ4n) is 1.89. The summed E-state index contributed by atoms with van der Waals surface area (Å²) in [5.41, 5.74) is 1.06. The number of hydrogen-bond acceptors (Lipinski definition) is 1. The summed E-state index contributed by atoms with van der Waals surface area (Å²) in [5.74, 6) is -0.0675. The molecule has 0 bridgehead atoms. The summed E-state index contributed by atoms with van der Waals surface area (Å²) in [6, 6.07) is 14.3. The first kappa shape index (κ1) is 10.6. The molecule has 0 N–H and O–H groups in total. The summed E-state index contributed by atoms with van der Waals surface area (Å²) in [6.45, 7) is 3.68. The molecule has 0 aromatic heterocycles. The molecule has 16 heavy (non-hydrogen) atoms. The van der Waals surface area contributed by atoms with Gasteiger partial charge in [-0.05, 0) is 22.8 Å². The van der Waals surface area contributed by atoms with Crippen molar-refractivity contribution in [3.8, 4) is 0 Å². The Balaban J connectivity index is 2.45. The lowest BCUT2D eigenvalue weighted by Gasteiger charge is -2.09. The second kappa shape index (κ2) is 4.75. The van der Waals surface area contributed by atoms with Crippen LogP contribution in [0, 0.1) is 0 Å². The highest BCUT2D eigenvalue weighted by Crippen LogP contribution is 2.22. The molecule has 2 aromatic carbocycles. The van der Waals surface area contributed by atoms with Crippen LogP contribution >= 0.6 is 0 Å². The molecule has 0 spiro atoms. The van der Waals surface area contributed by atoms with E-state index >= 15 is 0 Å². The highest BCUT2D eigenvalue weighted by molar-refractivity contribution is 5.84. The zero-order valence-corrected chi connectivity index (χ0v) is 9.10. The third-order valence-electron chi connectivity index (χ3n) is 2.79. The summed E-state index contributed by atoms with van der Waals surface area (Å²) in [7, 11) is 0. The van der Waals surface area contributed by atoms with Crippen molar-refractivity contribution >= 4 is 17.1 Å². The summed E-state index contributed by atoms with van der Waals surface area (Å²) in [6.07, 6.45) is 3.47. The molecule has 0 aliphatic carbocycles. The zero-order valence-electron chi connectivity index (χ0n) is 9.10. The van der Waals surface area contributed by atoms with Crippen molar-refractivity contribution in [2.24, 2.45) is 0 Å². The van der Waals surface area contributed by atoms with Crippen LogP contribution in [0.3, 0.4) is 0 Å². The molecule has 80 valence electrons. The SMILES string of the molecule is C=CCC(C=O)c1ccc2ccccc2c1. The molecule has 0 aliphatic heterocycles. The number of hydrogen-bond donors (Lipinski definition) is 0. The van der Waals surface area contributed by atoms with Gasteiger partial charge in [0.25, 0.3) is 0 Å². The Bertz CT molecular complexity index is 514. The molecule has 2 rings (SSSR count). The first-order valence-corrected chi connectivity index (χ1v) is 5.40. The lowest BCUT2D eigenvalue weighted by Crippen LogP contribution is -1.98. The minimum Gasteiger partial charge on any atom is -0.303 e. The number of benzene rings is 2. The zero-order chi connectivity index (χ0) is 11.4. The topological polar surface area (TPSA) is 17.1 Å². The molecule has 0 saturated carbocycles. The minimum atomic E-state index is -0.0675. The predicted molar refractivity (Wildman–Crippen MR) is 67.6 cm³/mol. The largest absolute Gasteiger partial charge is 0.303 e. The van der Waals surface area contributed by atoms with Crippen molar-refractivity contribution in [1.82, 2.24) is 0 Å². The van der Waals surface area contributed by atoms with Gasteiger partial charge in [0.15, 0.2) is 0 Å². The first-order valence-electron chi connectivity index (χ1n) is 5.40. The average molecular weight is 210 g/mol. The van der Waals surface area contributed by atoms with Crippen LogP contribution in [0.4, 0.5) is 0 Å². The van der Waals surface area contributed by atoms with Gasteiger partial charge < -0.3 is 4.79 Å². The molecular weight excluding hydrogens is 196 g/mol. The molecule has 1 unspecified atom stereocenters. The molecule has 0 heterocycles. The molecule has 0 aliphatic rings. The quantitative estimate of drug-likeness (QED) is 0.555. The Morgan fingerprint density at radius 1 is 1.12 bits per heavy atom. The number of aldehydes is 1. The van der Waals surface area contributed by atoms with Crippen LogP contribution in [0.25, 0.3) is 10.8 Å². The third-order valence-corrected chi connectivity index (χ3v) is 2.79. The van der Waals surface area contributed by atoms with Crippen molar-refractivity contribution < 1.29 is 4.79 Å². The fraction of sp³-hybridized carbons (Fsp3) is 0.133. The first-order chi connectivity index (χ1) is 7.85. The lowest BCUT2D eigenvalue weighted by molar-refractivity contribution is -0.109. The van der Waals surface area contributed by atoms with E-state index in [0.717, 1.165) is 11.8 Å². The van der Waals surface area contributed by atoms with Crippen molar-refractivity contribution in [2.45, 2.75) is 12.3 Å². The van der Waals surface area contributed by atoms with Crippen LogP contribution < -0.4 is 0 Å². The molecular formula is C15H14O. The number of fused-ring (bicyclic) bond motifs is 1. The Labute approximate surface area is 95.4 Å². The molecule has 2 aromatic rings. The van der Waals surface area contributed by atoms with Gasteiger partial charge in [0, 0.05) is 5.92 Å². The second-order valence-electron chi connectivity index (χ2n) is 3.87. The Hall–Kier alpha value is -1.89. The summed E-state index contributed by atoms with van der Waals surface area (Å²) >= 11 is 0. The van der Waals surface area contributed by atoms with E-state index in [2.05, 4.69) is 30.8 Å². The van der Waals surface area contributed by atoms with Gasteiger partial charge in [-0.1, -0.05) is 48.5 Å². The van der Waals surface area contributed by atoms with Gasteiger partial charge in [-0.15, -0.1) is 6.58 Å². The van der Waals surface area contributed by atoms with E-state index in [0.29, 0.717) is 6.42 Å². The highest BCUT2D eigenvalue weighted by Gasteiger charge is 2.08. The Kier molecular flexibility index (Phi) is 3.16. The molecule has 0 amide bonds. The summed E-state index contributed by atoms with van der Waals surface area (Å²) in [4.78, 5) is 11.0. The van der Waals surface area contributed by atoms with E-state index in [1.165, 1.54) is 10.8 Å². The maximum Gasteiger partial charge on any atom is 0.127 e. The number of carbonyl (C=O) groups is 1. The van der Waals surface area contributed by atoms with Gasteiger partial charge in [0.05, 0.1) is 0 Å². The normalized spacial score (nSPS) is 12.2. The van der Waals surface area contributed by atoms with Crippen LogP contribution in [-0.4, -0.2) is 6.29 Å². The number of allylic oxidation sites excluding steroid dienone is 1. The monoisotopic (exact) mass is 210 g/mol. The molecule has 1 atom stereocenters. The molecule has 1 nitrogen and oxygen atoms in total. The maximum absolute atomic E-state index is 11.0. The van der Waals surface area contributed by atoms with Gasteiger partial charge >= 0.3 is 0 Å². The summed E-state index contributed by atoms with van der Waals surface area (Å²) in [5, 5.41) is 2.38. The Morgan fingerprint density at radius 3 is 2.56 bits per heavy atom. The van der Waals surface area contributed by atoms with E-state index < -0.39 is 0 Å². The summed E-state index contributed by atoms with van der Waals surface area (Å²) < 4.78 is 0. The third kappa shape index (κ3) is 2.03. The van der Waals surface area contributed by atoms with Gasteiger partial charge in [-0.3, -0.25) is 0 Å². The Morgan fingerprint density at radius 2 is 1.88 bits per heavy atom. The van der Waals surface area contributed by atoms with Gasteiger partial charge in [0.2, 0.25) is 0 Å². The van der Waals surface area contributed by atoms with Crippen LogP contribution in [0.15, 0.2) is 55.1 Å². The van der Waals surface area contributed by atoms with Crippen LogP contribution in [-0.2, 0) is 4.79 Å². The molecule has 1 heteroatoms.